The fourth-order valence-electron chi connectivity index (χ4n) is 1.73. The molecule has 0 aliphatic rings. The molecule has 3 rings (SSSR count). The van der Waals surface area contributed by atoms with Crippen LogP contribution in [-0.2, 0) is 6.54 Å². The molecule has 0 spiro atoms. The zero-order chi connectivity index (χ0) is 13.2. The molecule has 0 saturated heterocycles. The molecule has 7 nitrogen and oxygen atoms in total. The summed E-state index contributed by atoms with van der Waals surface area (Å²) < 4.78 is 3.24. The van der Waals surface area contributed by atoms with Gasteiger partial charge in [-0.3, -0.25) is 4.68 Å². The third-order valence-electron chi connectivity index (χ3n) is 2.57. The SMILES string of the molecule is Cl.Nc1cnn(Cc2nnnn2-c2ccccc2Cl)c1. The van der Waals surface area contributed by atoms with E-state index in [4.69, 9.17) is 17.3 Å². The number of para-hydroxylation sites is 1. The monoisotopic (exact) mass is 311 g/mol. The number of halogens is 2. The van der Waals surface area contributed by atoms with E-state index in [9.17, 15) is 0 Å². The van der Waals surface area contributed by atoms with Crippen LogP contribution in [0.1, 0.15) is 5.82 Å². The Balaban J connectivity index is 0.00000147. The summed E-state index contributed by atoms with van der Waals surface area (Å²) in [6.45, 7) is 0.412. The van der Waals surface area contributed by atoms with Crippen molar-refractivity contribution in [2.45, 2.75) is 6.54 Å². The molecular weight excluding hydrogens is 301 g/mol. The van der Waals surface area contributed by atoms with E-state index in [0.717, 1.165) is 5.69 Å². The maximum absolute atomic E-state index is 6.14. The topological polar surface area (TPSA) is 87.4 Å². The molecule has 0 saturated carbocycles. The first-order valence-corrected chi connectivity index (χ1v) is 5.92. The molecule has 2 N–H and O–H groups in total. The van der Waals surface area contributed by atoms with Crippen LogP contribution in [0.25, 0.3) is 5.69 Å². The molecule has 0 aliphatic heterocycles. The van der Waals surface area contributed by atoms with Crippen molar-refractivity contribution in [2.75, 3.05) is 5.73 Å². The minimum absolute atomic E-state index is 0. The highest BCUT2D eigenvalue weighted by atomic mass is 35.5. The Kier molecular flexibility index (Phi) is 4.21. The molecule has 0 bridgehead atoms. The summed E-state index contributed by atoms with van der Waals surface area (Å²) in [5, 5.41) is 16.3. The van der Waals surface area contributed by atoms with Gasteiger partial charge in [0.05, 0.1) is 22.6 Å². The van der Waals surface area contributed by atoms with Gasteiger partial charge in [0.25, 0.3) is 0 Å². The second-order valence-corrected chi connectivity index (χ2v) is 4.34. The van der Waals surface area contributed by atoms with Crippen LogP contribution in [0, 0.1) is 0 Å². The summed E-state index contributed by atoms with van der Waals surface area (Å²) in [6, 6.07) is 7.36. The van der Waals surface area contributed by atoms with Crippen molar-refractivity contribution < 1.29 is 0 Å². The lowest BCUT2D eigenvalue weighted by molar-refractivity contribution is 0.635. The van der Waals surface area contributed by atoms with E-state index in [1.54, 1.807) is 27.8 Å². The molecule has 2 heterocycles. The standard InChI is InChI=1S/C11H10ClN7.ClH/c12-9-3-1-2-4-10(9)19-11(15-16-17-19)7-18-6-8(13)5-14-18;/h1-6H,7,13H2;1H. The Morgan fingerprint density at radius 2 is 2.05 bits per heavy atom. The number of rotatable bonds is 3. The Morgan fingerprint density at radius 1 is 1.25 bits per heavy atom. The van der Waals surface area contributed by atoms with Crippen molar-refractivity contribution in [3.63, 3.8) is 0 Å². The van der Waals surface area contributed by atoms with Gasteiger partial charge in [0.1, 0.15) is 6.54 Å². The van der Waals surface area contributed by atoms with Gasteiger partial charge >= 0.3 is 0 Å². The normalized spacial score (nSPS) is 10.2. The first kappa shape index (κ1) is 14.3. The highest BCUT2D eigenvalue weighted by Gasteiger charge is 2.11. The molecule has 2 aromatic heterocycles. The summed E-state index contributed by atoms with van der Waals surface area (Å²) in [7, 11) is 0. The second-order valence-electron chi connectivity index (χ2n) is 3.93. The molecule has 0 radical (unpaired) electrons. The van der Waals surface area contributed by atoms with Crippen molar-refractivity contribution in [3.05, 3.63) is 47.5 Å². The summed E-state index contributed by atoms with van der Waals surface area (Å²) >= 11 is 6.14. The van der Waals surface area contributed by atoms with Gasteiger partial charge < -0.3 is 5.73 Å². The molecule has 104 valence electrons. The van der Waals surface area contributed by atoms with Crippen LogP contribution in [0.4, 0.5) is 5.69 Å². The van der Waals surface area contributed by atoms with Crippen molar-refractivity contribution in [1.29, 1.82) is 0 Å². The molecule has 1 aromatic carbocycles. The second kappa shape index (κ2) is 5.89. The third kappa shape index (κ3) is 2.73. The minimum Gasteiger partial charge on any atom is -0.396 e. The molecule has 3 aromatic rings. The predicted molar refractivity (Wildman–Crippen MR) is 77.2 cm³/mol. The predicted octanol–water partition coefficient (Wildman–Crippen LogP) is 1.56. The van der Waals surface area contributed by atoms with E-state index in [1.807, 2.05) is 18.2 Å². The van der Waals surface area contributed by atoms with E-state index in [0.29, 0.717) is 23.1 Å². The van der Waals surface area contributed by atoms with E-state index in [-0.39, 0.29) is 12.4 Å². The lowest BCUT2D eigenvalue weighted by Gasteiger charge is -2.06. The van der Waals surface area contributed by atoms with Gasteiger partial charge in [-0.25, -0.2) is 0 Å². The number of tetrazole rings is 1. The van der Waals surface area contributed by atoms with E-state index < -0.39 is 0 Å². The minimum atomic E-state index is 0. The van der Waals surface area contributed by atoms with Gasteiger partial charge in [-0.1, -0.05) is 23.7 Å². The number of nitrogens with two attached hydrogens (primary N) is 1. The Bertz CT molecular complexity index is 706. The van der Waals surface area contributed by atoms with Crippen LogP contribution >= 0.6 is 24.0 Å². The quantitative estimate of drug-likeness (QED) is 0.793. The zero-order valence-electron chi connectivity index (χ0n) is 10.2. The van der Waals surface area contributed by atoms with E-state index in [1.165, 1.54) is 0 Å². The van der Waals surface area contributed by atoms with Gasteiger partial charge in [-0.05, 0) is 22.6 Å². The maximum atomic E-state index is 6.14. The maximum Gasteiger partial charge on any atom is 0.178 e. The van der Waals surface area contributed by atoms with Crippen LogP contribution in [0.15, 0.2) is 36.7 Å². The zero-order valence-corrected chi connectivity index (χ0v) is 11.8. The molecule has 0 unspecified atom stereocenters. The number of benzene rings is 1. The molecule has 20 heavy (non-hydrogen) atoms. The molecular formula is C11H11Cl2N7. The summed E-state index contributed by atoms with van der Waals surface area (Å²) in [5.41, 5.74) is 6.94. The molecule has 0 atom stereocenters. The van der Waals surface area contributed by atoms with Crippen LogP contribution < -0.4 is 5.73 Å². The van der Waals surface area contributed by atoms with Crippen molar-refractivity contribution >= 4 is 29.7 Å². The van der Waals surface area contributed by atoms with Crippen molar-refractivity contribution in [1.82, 2.24) is 30.0 Å². The first-order chi connectivity index (χ1) is 9.24. The lowest BCUT2D eigenvalue weighted by atomic mass is 10.3. The average molecular weight is 312 g/mol. The first-order valence-electron chi connectivity index (χ1n) is 5.54. The number of anilines is 1. The smallest absolute Gasteiger partial charge is 0.178 e. The lowest BCUT2D eigenvalue weighted by Crippen LogP contribution is -2.09. The van der Waals surface area contributed by atoms with Gasteiger partial charge in [-0.2, -0.15) is 9.78 Å². The van der Waals surface area contributed by atoms with Gasteiger partial charge in [0.15, 0.2) is 5.82 Å². The van der Waals surface area contributed by atoms with Crippen LogP contribution in [0.2, 0.25) is 5.02 Å². The Labute approximate surface area is 125 Å². The Hall–Kier alpha value is -2.12. The van der Waals surface area contributed by atoms with Gasteiger partial charge in [0.2, 0.25) is 0 Å². The number of nitrogen functional groups attached to an aromatic ring is 1. The highest BCUT2D eigenvalue weighted by Crippen LogP contribution is 2.19. The molecule has 0 amide bonds. The van der Waals surface area contributed by atoms with Crippen LogP contribution in [0.5, 0.6) is 0 Å². The highest BCUT2D eigenvalue weighted by molar-refractivity contribution is 6.32. The largest absolute Gasteiger partial charge is 0.396 e. The van der Waals surface area contributed by atoms with Crippen LogP contribution in [-0.4, -0.2) is 30.0 Å². The Morgan fingerprint density at radius 3 is 2.75 bits per heavy atom. The fraction of sp³-hybridized carbons (Fsp3) is 0.0909. The summed E-state index contributed by atoms with van der Waals surface area (Å²) in [5.74, 6) is 0.621. The number of nitrogens with zero attached hydrogens (tertiary/aromatic N) is 6. The van der Waals surface area contributed by atoms with Crippen LogP contribution in [0.3, 0.4) is 0 Å². The van der Waals surface area contributed by atoms with Crippen molar-refractivity contribution in [3.8, 4) is 5.69 Å². The number of hydrogen-bond acceptors (Lipinski definition) is 5. The number of aromatic nitrogens is 6. The van der Waals surface area contributed by atoms with E-state index >= 15 is 0 Å². The van der Waals surface area contributed by atoms with E-state index in [2.05, 4.69) is 20.6 Å². The summed E-state index contributed by atoms with van der Waals surface area (Å²) in [6.07, 6.45) is 3.29. The van der Waals surface area contributed by atoms with Gasteiger partial charge in [0, 0.05) is 6.20 Å². The average Bonchev–Trinajstić information content (AvgIpc) is 3.00. The van der Waals surface area contributed by atoms with Gasteiger partial charge in [-0.15, -0.1) is 17.5 Å². The third-order valence-corrected chi connectivity index (χ3v) is 2.89. The number of hydrogen-bond donors (Lipinski definition) is 1. The fourth-order valence-corrected chi connectivity index (χ4v) is 1.94. The molecule has 0 fully saturated rings. The molecule has 9 heteroatoms. The molecule has 0 aliphatic carbocycles. The van der Waals surface area contributed by atoms with Crippen molar-refractivity contribution in [2.24, 2.45) is 0 Å². The summed E-state index contributed by atoms with van der Waals surface area (Å²) in [4.78, 5) is 0.